The molecule has 16 atom stereocenters. The molecule has 15 nitrogen and oxygen atoms in total. The summed E-state index contributed by atoms with van der Waals surface area (Å²) in [6.07, 6.45) is -3.92. The molecule has 3 rings (SSSR count). The summed E-state index contributed by atoms with van der Waals surface area (Å²) in [6.45, 7) is 12.4. The molecule has 0 spiro atoms. The highest BCUT2D eigenvalue weighted by Gasteiger charge is 2.52. The monoisotopic (exact) mass is 785 g/mol. The van der Waals surface area contributed by atoms with Gasteiger partial charge >= 0.3 is 11.9 Å². The SMILES string of the molecule is CO[C@@H]1[C@H](O[C@@H]2O[C@H](C)[C@@H](O[C@H]3C[C@@](C)(O)[C@@H](OC(=O)CC(C)C)[C@H](C)O3)[C@H](N(C)C)[C@H]2O)[C@H](CC=O)C[C@@H](C)[C@@H](O)/C=C/C=C/C[C@@H](C)OC(=O)C[C@H]1O. The largest absolute Gasteiger partial charge is 0.462 e. The van der Waals surface area contributed by atoms with E-state index in [1.807, 2.05) is 26.8 Å². The number of cyclic esters (lactones) is 1. The third-order valence-electron chi connectivity index (χ3n) is 10.6. The number of rotatable bonds is 11. The first-order valence-electron chi connectivity index (χ1n) is 19.5. The van der Waals surface area contributed by atoms with Gasteiger partial charge in [0.1, 0.15) is 36.3 Å². The smallest absolute Gasteiger partial charge is 0.308 e. The normalized spacial score (nSPS) is 42.4. The van der Waals surface area contributed by atoms with Crippen molar-refractivity contribution in [1.29, 1.82) is 0 Å². The van der Waals surface area contributed by atoms with Crippen molar-refractivity contribution < 1.29 is 68.0 Å². The summed E-state index contributed by atoms with van der Waals surface area (Å²) in [7, 11) is 4.86. The highest BCUT2D eigenvalue weighted by molar-refractivity contribution is 5.70. The first kappa shape index (κ1) is 47.1. The van der Waals surface area contributed by atoms with Crippen molar-refractivity contribution in [2.45, 2.75) is 172 Å². The molecule has 15 heteroatoms. The second-order valence-corrected chi connectivity index (χ2v) is 16.4. The van der Waals surface area contributed by atoms with Gasteiger partial charge in [0.05, 0.1) is 43.0 Å². The number of esters is 2. The minimum Gasteiger partial charge on any atom is -0.462 e. The van der Waals surface area contributed by atoms with Crippen LogP contribution in [0.4, 0.5) is 0 Å². The topological polar surface area (TPSA) is 200 Å². The fourth-order valence-corrected chi connectivity index (χ4v) is 7.78. The van der Waals surface area contributed by atoms with Crippen LogP contribution in [0.15, 0.2) is 24.3 Å². The van der Waals surface area contributed by atoms with Crippen LogP contribution >= 0.6 is 0 Å². The van der Waals surface area contributed by atoms with Gasteiger partial charge in [-0.2, -0.15) is 0 Å². The maximum atomic E-state index is 12.9. The molecule has 4 N–H and O–H groups in total. The lowest BCUT2D eigenvalue weighted by atomic mass is 9.82. The summed E-state index contributed by atoms with van der Waals surface area (Å²) in [5.41, 5.74) is -1.49. The van der Waals surface area contributed by atoms with E-state index in [0.29, 0.717) is 6.42 Å². The minimum absolute atomic E-state index is 0.0318. The molecule has 0 aliphatic carbocycles. The van der Waals surface area contributed by atoms with Gasteiger partial charge in [0.15, 0.2) is 18.7 Å². The Bertz CT molecular complexity index is 1270. The maximum absolute atomic E-state index is 12.9. The fraction of sp³-hybridized carbons (Fsp3) is 0.825. The average Bonchev–Trinajstić information content (AvgIpc) is 3.06. The number of likely N-dealkylation sites (N-methyl/N-ethyl adjacent to an activating group) is 1. The standard InChI is InChI=1S/C40H67NO14/c1-22(2)18-30(45)53-38-26(6)51-32(21-40(38,7)48)54-35-25(5)52-39(34(47)33(35)41(8)9)55-36-27(16-17-42)19-23(3)28(43)15-13-11-12-14-24(4)50-31(46)20-29(44)37(36)49-10/h11-13,15,17,22-29,32-39,43-44,47-48H,14,16,18-21H2,1-10H3/b12-11+,15-13+/t23-,24-,25-,26+,27-,28+,29-,32+,33-,34-,35-,36-,37+,38+,39+,40-/m1/s1. The van der Waals surface area contributed by atoms with Crippen LogP contribution in [-0.4, -0.2) is 150 Å². The van der Waals surface area contributed by atoms with Gasteiger partial charge in [-0.3, -0.25) is 9.59 Å². The van der Waals surface area contributed by atoms with Crippen LogP contribution < -0.4 is 0 Å². The summed E-state index contributed by atoms with van der Waals surface area (Å²) < 4.78 is 42.4. The van der Waals surface area contributed by atoms with Crippen molar-refractivity contribution in [2.75, 3.05) is 21.2 Å². The lowest BCUT2D eigenvalue weighted by Gasteiger charge is -2.50. The Balaban J connectivity index is 1.90. The number of ether oxygens (including phenoxy) is 7. The van der Waals surface area contributed by atoms with Crippen molar-refractivity contribution in [3.8, 4) is 0 Å². The molecule has 316 valence electrons. The molecule has 55 heavy (non-hydrogen) atoms. The van der Waals surface area contributed by atoms with E-state index in [0.717, 1.165) is 6.29 Å². The number of aliphatic hydroxyl groups excluding tert-OH is 3. The highest BCUT2D eigenvalue weighted by Crippen LogP contribution is 2.37. The van der Waals surface area contributed by atoms with Gasteiger partial charge in [-0.25, -0.2) is 0 Å². The second kappa shape index (κ2) is 21.4. The molecule has 3 aliphatic heterocycles. The molecule has 0 saturated carbocycles. The molecule has 3 aliphatic rings. The Morgan fingerprint density at radius 1 is 1.04 bits per heavy atom. The average molecular weight is 786 g/mol. The van der Waals surface area contributed by atoms with Crippen molar-refractivity contribution in [1.82, 2.24) is 4.90 Å². The minimum atomic E-state index is -1.49. The summed E-state index contributed by atoms with van der Waals surface area (Å²) in [5.74, 6) is -2.03. The van der Waals surface area contributed by atoms with E-state index in [1.165, 1.54) is 7.11 Å². The van der Waals surface area contributed by atoms with E-state index in [2.05, 4.69) is 0 Å². The zero-order chi connectivity index (χ0) is 41.2. The van der Waals surface area contributed by atoms with Crippen LogP contribution in [0.2, 0.25) is 0 Å². The lowest BCUT2D eigenvalue weighted by Crippen LogP contribution is -2.66. The van der Waals surface area contributed by atoms with Crippen LogP contribution in [0.3, 0.4) is 0 Å². The number of nitrogens with zero attached hydrogens (tertiary/aromatic N) is 1. The predicted octanol–water partition coefficient (Wildman–Crippen LogP) is 2.44. The van der Waals surface area contributed by atoms with Crippen LogP contribution in [0, 0.1) is 17.8 Å². The third-order valence-corrected chi connectivity index (χ3v) is 10.6. The van der Waals surface area contributed by atoms with Gasteiger partial charge in [0.25, 0.3) is 0 Å². The van der Waals surface area contributed by atoms with Crippen LogP contribution in [0.5, 0.6) is 0 Å². The Morgan fingerprint density at radius 2 is 1.73 bits per heavy atom. The Labute approximate surface area is 326 Å². The Morgan fingerprint density at radius 3 is 2.33 bits per heavy atom. The summed E-state index contributed by atoms with van der Waals surface area (Å²) in [5, 5.41) is 45.8. The molecular formula is C40H67NO14. The first-order valence-corrected chi connectivity index (χ1v) is 19.5. The lowest BCUT2D eigenvalue weighted by molar-refractivity contribution is -0.344. The van der Waals surface area contributed by atoms with Gasteiger partial charge in [-0.05, 0) is 66.0 Å². The number of aliphatic hydroxyl groups is 4. The number of allylic oxidation sites excluding steroid dienone is 2. The number of carbonyl (C=O) groups excluding carboxylic acids is 3. The number of hydrogen-bond acceptors (Lipinski definition) is 15. The van der Waals surface area contributed by atoms with Gasteiger partial charge in [-0.1, -0.05) is 45.1 Å². The number of aldehydes is 1. The molecule has 0 aromatic rings. The quantitative estimate of drug-likeness (QED) is 0.176. The van der Waals surface area contributed by atoms with E-state index in [1.54, 1.807) is 64.9 Å². The molecule has 0 unspecified atom stereocenters. The zero-order valence-corrected chi connectivity index (χ0v) is 34.2. The van der Waals surface area contributed by atoms with Gasteiger partial charge in [0.2, 0.25) is 0 Å². The third kappa shape index (κ3) is 13.4. The molecule has 0 bridgehead atoms. The van der Waals surface area contributed by atoms with Crippen molar-refractivity contribution in [3.63, 3.8) is 0 Å². The van der Waals surface area contributed by atoms with E-state index in [9.17, 15) is 34.8 Å². The summed E-state index contributed by atoms with van der Waals surface area (Å²) in [4.78, 5) is 39.3. The van der Waals surface area contributed by atoms with Gasteiger partial charge < -0.3 is 63.3 Å². The predicted molar refractivity (Wildman–Crippen MR) is 200 cm³/mol. The van der Waals surface area contributed by atoms with Crippen molar-refractivity contribution in [2.24, 2.45) is 17.8 Å². The molecular weight excluding hydrogens is 718 g/mol. The van der Waals surface area contributed by atoms with Crippen LogP contribution in [0.25, 0.3) is 0 Å². The molecule has 0 aromatic carbocycles. The zero-order valence-electron chi connectivity index (χ0n) is 34.2. The van der Waals surface area contributed by atoms with E-state index < -0.39 is 110 Å². The number of hydrogen-bond donors (Lipinski definition) is 4. The molecule has 2 saturated heterocycles. The van der Waals surface area contributed by atoms with Crippen molar-refractivity contribution >= 4 is 18.2 Å². The van der Waals surface area contributed by atoms with E-state index in [-0.39, 0.29) is 37.5 Å². The fourth-order valence-electron chi connectivity index (χ4n) is 7.78. The molecule has 2 fully saturated rings. The first-order chi connectivity index (χ1) is 25.8. The molecule has 3 heterocycles. The molecule has 0 amide bonds. The molecule has 0 radical (unpaired) electrons. The Kier molecular flexibility index (Phi) is 18.4. The number of methoxy groups -OCH3 is 1. The van der Waals surface area contributed by atoms with E-state index in [4.69, 9.17) is 33.2 Å². The summed E-state index contributed by atoms with van der Waals surface area (Å²) >= 11 is 0. The second-order valence-electron chi connectivity index (χ2n) is 16.4. The maximum Gasteiger partial charge on any atom is 0.308 e. The highest BCUT2D eigenvalue weighted by atomic mass is 16.7. The van der Waals surface area contributed by atoms with E-state index >= 15 is 0 Å². The number of carbonyl (C=O) groups is 3. The van der Waals surface area contributed by atoms with Crippen LogP contribution in [-0.2, 0) is 47.5 Å². The van der Waals surface area contributed by atoms with Gasteiger partial charge in [-0.15, -0.1) is 0 Å². The van der Waals surface area contributed by atoms with Crippen LogP contribution in [0.1, 0.15) is 87.0 Å². The van der Waals surface area contributed by atoms with Crippen molar-refractivity contribution in [3.05, 3.63) is 24.3 Å². The Hall–Kier alpha value is -2.31. The summed E-state index contributed by atoms with van der Waals surface area (Å²) in [6, 6.07) is -0.753. The molecule has 0 aromatic heterocycles. The van der Waals surface area contributed by atoms with Gasteiger partial charge in [0, 0.05) is 32.8 Å².